The Labute approximate surface area is 189 Å². The highest BCUT2D eigenvalue weighted by atomic mass is 35.5. The van der Waals surface area contributed by atoms with Crippen molar-refractivity contribution in [3.8, 4) is 0 Å². The maximum absolute atomic E-state index is 13.0. The van der Waals surface area contributed by atoms with Gasteiger partial charge in [-0.3, -0.25) is 4.79 Å². The van der Waals surface area contributed by atoms with Gasteiger partial charge in [-0.25, -0.2) is 4.79 Å². The molecule has 0 aliphatic carbocycles. The molecule has 0 spiro atoms. The lowest BCUT2D eigenvalue weighted by Gasteiger charge is -2.11. The maximum Gasteiger partial charge on any atom is 0.348 e. The van der Waals surface area contributed by atoms with Gasteiger partial charge in [0.15, 0.2) is 0 Å². The Morgan fingerprint density at radius 1 is 1.06 bits per heavy atom. The van der Waals surface area contributed by atoms with Crippen molar-refractivity contribution in [2.75, 3.05) is 6.61 Å². The molecule has 31 heavy (non-hydrogen) atoms. The van der Waals surface area contributed by atoms with Crippen LogP contribution in [-0.4, -0.2) is 23.1 Å². The van der Waals surface area contributed by atoms with Gasteiger partial charge < -0.3 is 14.6 Å². The molecular formula is C24H21ClN2O3S. The van der Waals surface area contributed by atoms with E-state index in [0.29, 0.717) is 35.2 Å². The number of aromatic nitrogens is 1. The van der Waals surface area contributed by atoms with Crippen LogP contribution in [0.1, 0.15) is 37.4 Å². The normalized spacial score (nSPS) is 10.9. The molecule has 4 rings (SSSR count). The molecule has 7 heteroatoms. The van der Waals surface area contributed by atoms with Gasteiger partial charge in [-0.15, -0.1) is 11.3 Å². The molecule has 2 aromatic carbocycles. The van der Waals surface area contributed by atoms with Gasteiger partial charge in [0.2, 0.25) is 0 Å². The van der Waals surface area contributed by atoms with Gasteiger partial charge in [-0.05, 0) is 48.9 Å². The number of nitrogens with one attached hydrogen (secondary N) is 1. The Hall–Kier alpha value is -3.09. The number of fused-ring (bicyclic) bond motifs is 1. The second-order valence-corrected chi connectivity index (χ2v) is 8.59. The second-order valence-electron chi connectivity index (χ2n) is 6.98. The molecule has 0 radical (unpaired) electrons. The number of hydrogen-bond acceptors (Lipinski definition) is 4. The lowest BCUT2D eigenvalue weighted by atomic mass is 10.1. The highest BCUT2D eigenvalue weighted by molar-refractivity contribution is 7.13. The van der Waals surface area contributed by atoms with E-state index in [1.165, 1.54) is 11.3 Å². The molecule has 0 fully saturated rings. The Balaban J connectivity index is 1.52. The van der Waals surface area contributed by atoms with Crippen LogP contribution in [0.3, 0.4) is 0 Å². The Morgan fingerprint density at radius 3 is 2.65 bits per heavy atom. The molecule has 1 N–H and O–H groups in total. The molecular weight excluding hydrogens is 432 g/mol. The number of carbonyl (C=O) groups excluding carboxylic acids is 2. The summed E-state index contributed by atoms with van der Waals surface area (Å²) >= 11 is 7.31. The van der Waals surface area contributed by atoms with Crippen LogP contribution in [0.2, 0.25) is 5.02 Å². The molecule has 5 nitrogen and oxygen atoms in total. The zero-order valence-electron chi connectivity index (χ0n) is 16.9. The topological polar surface area (TPSA) is 60.3 Å². The van der Waals surface area contributed by atoms with Crippen molar-refractivity contribution in [3.05, 3.63) is 92.8 Å². The van der Waals surface area contributed by atoms with Crippen molar-refractivity contribution in [2.45, 2.75) is 20.0 Å². The van der Waals surface area contributed by atoms with Crippen LogP contribution in [-0.2, 0) is 17.8 Å². The van der Waals surface area contributed by atoms with Crippen LogP contribution in [0, 0.1) is 0 Å². The quantitative estimate of drug-likeness (QED) is 0.376. The number of hydrogen-bond donors (Lipinski definition) is 1. The Bertz CT molecular complexity index is 1230. The average molecular weight is 453 g/mol. The molecule has 0 aliphatic rings. The molecule has 0 saturated carbocycles. The molecule has 0 aliphatic heterocycles. The van der Waals surface area contributed by atoms with Crippen LogP contribution in [0.5, 0.6) is 0 Å². The van der Waals surface area contributed by atoms with E-state index in [1.54, 1.807) is 13.0 Å². The lowest BCUT2D eigenvalue weighted by Crippen LogP contribution is -2.23. The van der Waals surface area contributed by atoms with Gasteiger partial charge in [0.05, 0.1) is 24.2 Å². The van der Waals surface area contributed by atoms with Gasteiger partial charge in [-0.2, -0.15) is 0 Å². The Morgan fingerprint density at radius 2 is 1.87 bits per heavy atom. The highest BCUT2D eigenvalue weighted by Crippen LogP contribution is 2.23. The molecule has 0 atom stereocenters. The molecule has 4 aromatic rings. The number of benzene rings is 2. The molecule has 0 unspecified atom stereocenters. The summed E-state index contributed by atoms with van der Waals surface area (Å²) in [5, 5.41) is 4.67. The van der Waals surface area contributed by atoms with Crippen molar-refractivity contribution in [2.24, 2.45) is 0 Å². The van der Waals surface area contributed by atoms with Gasteiger partial charge in [0.1, 0.15) is 4.88 Å². The first-order chi connectivity index (χ1) is 15.0. The fourth-order valence-electron chi connectivity index (χ4n) is 3.41. The summed E-state index contributed by atoms with van der Waals surface area (Å²) in [7, 11) is 0. The largest absolute Gasteiger partial charge is 0.462 e. The fourth-order valence-corrected chi connectivity index (χ4v) is 4.38. The van der Waals surface area contributed by atoms with Crippen molar-refractivity contribution in [1.29, 1.82) is 0 Å². The molecule has 2 aromatic heterocycles. The molecule has 0 bridgehead atoms. The first-order valence-corrected chi connectivity index (χ1v) is 11.1. The molecule has 2 heterocycles. The summed E-state index contributed by atoms with van der Waals surface area (Å²) in [4.78, 5) is 26.2. The number of halogens is 1. The number of ether oxygens (including phenoxy) is 1. The van der Waals surface area contributed by atoms with E-state index in [2.05, 4.69) is 9.88 Å². The maximum atomic E-state index is 13.0. The average Bonchev–Trinajstić information content (AvgIpc) is 3.41. The van der Waals surface area contributed by atoms with E-state index in [-0.39, 0.29) is 11.9 Å². The van der Waals surface area contributed by atoms with Crippen LogP contribution in [0.25, 0.3) is 10.9 Å². The number of esters is 1. The highest BCUT2D eigenvalue weighted by Gasteiger charge is 2.15. The number of nitrogens with zero attached hydrogens (tertiary/aromatic N) is 1. The van der Waals surface area contributed by atoms with Crippen LogP contribution < -0.4 is 5.32 Å². The number of rotatable bonds is 7. The fraction of sp³-hybridized carbons (Fsp3) is 0.167. The second kappa shape index (κ2) is 9.37. The first-order valence-electron chi connectivity index (χ1n) is 9.91. The first kappa shape index (κ1) is 21.2. The monoisotopic (exact) mass is 452 g/mol. The molecule has 1 amide bonds. The van der Waals surface area contributed by atoms with E-state index in [0.717, 1.165) is 21.3 Å². The number of para-hydroxylation sites is 1. The van der Waals surface area contributed by atoms with Crippen LogP contribution in [0.4, 0.5) is 0 Å². The summed E-state index contributed by atoms with van der Waals surface area (Å²) in [5.41, 5.74) is 2.59. The summed E-state index contributed by atoms with van der Waals surface area (Å²) in [6.07, 6.45) is 1.99. The van der Waals surface area contributed by atoms with Gasteiger partial charge >= 0.3 is 5.97 Å². The van der Waals surface area contributed by atoms with E-state index < -0.39 is 0 Å². The SMILES string of the molecule is CCOC(=O)c1ccc(CNC(=O)c2cccc3ccn(Cc4ccc(Cl)cc4)c23)s1. The standard InChI is InChI=1S/C24H21ClN2O3S/c1-2-30-24(29)21-11-10-19(31-21)14-26-23(28)20-5-3-4-17-12-13-27(22(17)20)15-16-6-8-18(25)9-7-16/h3-13H,2,14-15H2,1H3,(H,26,28). The molecule has 0 saturated heterocycles. The minimum atomic E-state index is -0.338. The zero-order chi connectivity index (χ0) is 21.8. The van der Waals surface area contributed by atoms with Crippen molar-refractivity contribution in [3.63, 3.8) is 0 Å². The van der Waals surface area contributed by atoms with Gasteiger partial charge in [0, 0.05) is 28.0 Å². The van der Waals surface area contributed by atoms with E-state index >= 15 is 0 Å². The molecule has 158 valence electrons. The third-order valence-electron chi connectivity index (χ3n) is 4.86. The zero-order valence-corrected chi connectivity index (χ0v) is 18.5. The number of amides is 1. The van der Waals surface area contributed by atoms with Crippen molar-refractivity contribution >= 4 is 45.7 Å². The van der Waals surface area contributed by atoms with E-state index in [9.17, 15) is 9.59 Å². The van der Waals surface area contributed by atoms with Crippen molar-refractivity contribution in [1.82, 2.24) is 9.88 Å². The minimum Gasteiger partial charge on any atom is -0.462 e. The van der Waals surface area contributed by atoms with E-state index in [1.807, 2.05) is 60.8 Å². The summed E-state index contributed by atoms with van der Waals surface area (Å²) in [6.45, 7) is 3.09. The van der Waals surface area contributed by atoms with Gasteiger partial charge in [-0.1, -0.05) is 35.9 Å². The third kappa shape index (κ3) is 4.81. The smallest absolute Gasteiger partial charge is 0.348 e. The van der Waals surface area contributed by atoms with E-state index in [4.69, 9.17) is 16.3 Å². The summed E-state index contributed by atoms with van der Waals surface area (Å²) in [6, 6.07) is 19.0. The lowest BCUT2D eigenvalue weighted by molar-refractivity contribution is 0.0532. The van der Waals surface area contributed by atoms with Crippen LogP contribution in [0.15, 0.2) is 66.9 Å². The van der Waals surface area contributed by atoms with Crippen LogP contribution >= 0.6 is 22.9 Å². The predicted molar refractivity (Wildman–Crippen MR) is 124 cm³/mol. The number of thiophene rings is 1. The Kier molecular flexibility index (Phi) is 6.39. The minimum absolute atomic E-state index is 0.159. The number of carbonyl (C=O) groups is 2. The summed E-state index contributed by atoms with van der Waals surface area (Å²) in [5.74, 6) is -0.498. The summed E-state index contributed by atoms with van der Waals surface area (Å²) < 4.78 is 7.09. The predicted octanol–water partition coefficient (Wildman–Crippen LogP) is 5.51. The van der Waals surface area contributed by atoms with Crippen molar-refractivity contribution < 1.29 is 14.3 Å². The van der Waals surface area contributed by atoms with Gasteiger partial charge in [0.25, 0.3) is 5.91 Å². The third-order valence-corrected chi connectivity index (χ3v) is 6.18.